The number of halogens is 3. The number of hydrogen-bond acceptors (Lipinski definition) is 4. The van der Waals surface area contributed by atoms with Gasteiger partial charge in [-0.3, -0.25) is 4.79 Å². The van der Waals surface area contributed by atoms with Crippen molar-refractivity contribution in [3.63, 3.8) is 0 Å². The molecule has 1 aromatic heterocycles. The van der Waals surface area contributed by atoms with E-state index in [0.717, 1.165) is 10.9 Å². The fourth-order valence-electron chi connectivity index (χ4n) is 2.85. The van der Waals surface area contributed by atoms with Crippen molar-refractivity contribution in [2.24, 2.45) is 0 Å². The largest absolute Gasteiger partial charge is 0.491 e. The van der Waals surface area contributed by atoms with E-state index in [1.807, 2.05) is 0 Å². The minimum absolute atomic E-state index is 0.251. The maximum Gasteiger partial charge on any atom is 0.434 e. The molecule has 0 aliphatic rings. The Hall–Kier alpha value is -3.33. The molecule has 3 aromatic rings. The Kier molecular flexibility index (Phi) is 6.41. The average molecular weight is 419 g/mol. The first-order valence-electron chi connectivity index (χ1n) is 9.05. The van der Waals surface area contributed by atoms with E-state index in [0.29, 0.717) is 30.2 Å². The van der Waals surface area contributed by atoms with Crippen LogP contribution in [0, 0.1) is 6.92 Å². The van der Waals surface area contributed by atoms with Crippen LogP contribution in [0.5, 0.6) is 5.75 Å². The second-order valence-corrected chi connectivity index (χ2v) is 6.42. The first-order valence-corrected chi connectivity index (χ1v) is 9.05. The maximum absolute atomic E-state index is 13.8. The summed E-state index contributed by atoms with van der Waals surface area (Å²) in [6.07, 6.45) is -3.85. The van der Waals surface area contributed by atoms with Crippen LogP contribution >= 0.6 is 0 Å². The molecule has 30 heavy (non-hydrogen) atoms. The molecule has 2 aromatic carbocycles. The Labute approximate surface area is 171 Å². The highest BCUT2D eigenvalue weighted by Crippen LogP contribution is 2.34. The van der Waals surface area contributed by atoms with Crippen LogP contribution in [0.4, 0.5) is 18.9 Å². The Morgan fingerprint density at radius 1 is 1.10 bits per heavy atom. The summed E-state index contributed by atoms with van der Waals surface area (Å²) < 4.78 is 52.4. The molecule has 0 unspecified atom stereocenters. The molecule has 0 aliphatic heterocycles. The second-order valence-electron chi connectivity index (χ2n) is 6.42. The number of benzene rings is 2. The van der Waals surface area contributed by atoms with E-state index in [-0.39, 0.29) is 5.69 Å². The molecule has 0 aliphatic carbocycles. The van der Waals surface area contributed by atoms with Crippen molar-refractivity contribution in [3.05, 3.63) is 71.5 Å². The number of alkyl halides is 3. The highest BCUT2D eigenvalue weighted by atomic mass is 19.4. The number of amides is 1. The summed E-state index contributed by atoms with van der Waals surface area (Å²) in [6.45, 7) is 2.45. The van der Waals surface area contributed by atoms with Crippen LogP contribution in [0.2, 0.25) is 0 Å². The van der Waals surface area contributed by atoms with Crippen molar-refractivity contribution in [2.75, 3.05) is 25.6 Å². The van der Waals surface area contributed by atoms with Gasteiger partial charge in [-0.2, -0.15) is 18.3 Å². The highest BCUT2D eigenvalue weighted by Gasteiger charge is 2.40. The fourth-order valence-corrected chi connectivity index (χ4v) is 2.85. The number of methoxy groups -OCH3 is 1. The number of aryl methyl sites for hydroxylation is 1. The van der Waals surface area contributed by atoms with Crippen LogP contribution in [0.3, 0.4) is 0 Å². The molecule has 3 rings (SSSR count). The number of rotatable bonds is 7. The zero-order valence-electron chi connectivity index (χ0n) is 16.4. The third kappa shape index (κ3) is 4.80. The van der Waals surface area contributed by atoms with Gasteiger partial charge in [0, 0.05) is 12.8 Å². The van der Waals surface area contributed by atoms with Crippen molar-refractivity contribution < 1.29 is 27.4 Å². The van der Waals surface area contributed by atoms with E-state index < -0.39 is 23.3 Å². The molecule has 1 amide bonds. The zero-order valence-corrected chi connectivity index (χ0v) is 16.4. The fraction of sp³-hybridized carbons (Fsp3) is 0.238. The van der Waals surface area contributed by atoms with E-state index in [2.05, 4.69) is 10.4 Å². The molecule has 158 valence electrons. The summed E-state index contributed by atoms with van der Waals surface area (Å²) in [4.78, 5) is 12.6. The van der Waals surface area contributed by atoms with Gasteiger partial charge < -0.3 is 14.8 Å². The molecule has 0 bridgehead atoms. The minimum atomic E-state index is -4.77. The predicted molar refractivity (Wildman–Crippen MR) is 105 cm³/mol. The van der Waals surface area contributed by atoms with Crippen LogP contribution in [0.25, 0.3) is 5.69 Å². The normalized spacial score (nSPS) is 11.4. The highest BCUT2D eigenvalue weighted by molar-refractivity contribution is 6.05. The van der Waals surface area contributed by atoms with Gasteiger partial charge in [0.2, 0.25) is 0 Å². The number of nitrogens with zero attached hydrogens (tertiary/aromatic N) is 2. The Balaban J connectivity index is 1.85. The lowest BCUT2D eigenvalue weighted by atomic mass is 10.1. The van der Waals surface area contributed by atoms with Crippen molar-refractivity contribution in [1.82, 2.24) is 9.78 Å². The van der Waals surface area contributed by atoms with Gasteiger partial charge in [0.25, 0.3) is 5.91 Å². The second kappa shape index (κ2) is 9.00. The lowest BCUT2D eigenvalue weighted by Crippen LogP contribution is -2.21. The van der Waals surface area contributed by atoms with E-state index >= 15 is 0 Å². The number of anilines is 1. The Morgan fingerprint density at radius 3 is 2.43 bits per heavy atom. The smallest absolute Gasteiger partial charge is 0.434 e. The number of para-hydroxylation sites is 1. The van der Waals surface area contributed by atoms with Gasteiger partial charge in [-0.25, -0.2) is 4.68 Å². The first kappa shape index (κ1) is 21.4. The first-order chi connectivity index (χ1) is 14.3. The molecule has 9 heteroatoms. The Bertz CT molecular complexity index is 1010. The molecule has 0 radical (unpaired) electrons. The van der Waals surface area contributed by atoms with Gasteiger partial charge >= 0.3 is 6.18 Å². The van der Waals surface area contributed by atoms with E-state index in [9.17, 15) is 18.0 Å². The lowest BCUT2D eigenvalue weighted by Gasteiger charge is -2.14. The van der Waals surface area contributed by atoms with Crippen molar-refractivity contribution in [3.8, 4) is 11.4 Å². The number of carbonyl (C=O) groups is 1. The molecule has 0 saturated carbocycles. The number of aromatic nitrogens is 2. The molecule has 0 spiro atoms. The summed E-state index contributed by atoms with van der Waals surface area (Å²) in [5.41, 5.74) is -0.514. The minimum Gasteiger partial charge on any atom is -0.491 e. The van der Waals surface area contributed by atoms with Crippen LogP contribution < -0.4 is 10.1 Å². The molecule has 0 atom stereocenters. The molecular weight excluding hydrogens is 399 g/mol. The lowest BCUT2D eigenvalue weighted by molar-refractivity contribution is -0.143. The van der Waals surface area contributed by atoms with Gasteiger partial charge in [-0.15, -0.1) is 0 Å². The predicted octanol–water partition coefficient (Wildman–Crippen LogP) is 4.48. The van der Waals surface area contributed by atoms with Gasteiger partial charge in [0.1, 0.15) is 12.4 Å². The molecule has 6 nitrogen and oxygen atoms in total. The molecule has 0 fully saturated rings. The van der Waals surface area contributed by atoms with Gasteiger partial charge in [0.15, 0.2) is 5.69 Å². The third-order valence-electron chi connectivity index (χ3n) is 4.29. The Morgan fingerprint density at radius 2 is 1.80 bits per heavy atom. The van der Waals surface area contributed by atoms with Crippen LogP contribution in [-0.4, -0.2) is 36.0 Å². The van der Waals surface area contributed by atoms with Gasteiger partial charge in [-0.1, -0.05) is 18.2 Å². The number of ether oxygens (including phenoxy) is 2. The summed E-state index contributed by atoms with van der Waals surface area (Å²) in [5, 5.41) is 6.31. The molecule has 1 N–H and O–H groups in total. The van der Waals surface area contributed by atoms with Crippen LogP contribution in [-0.2, 0) is 10.9 Å². The quantitative estimate of drug-likeness (QED) is 0.574. The average Bonchev–Trinajstić information content (AvgIpc) is 3.15. The van der Waals surface area contributed by atoms with Crippen LogP contribution in [0.15, 0.2) is 54.7 Å². The zero-order chi connectivity index (χ0) is 21.7. The van der Waals surface area contributed by atoms with E-state index in [4.69, 9.17) is 9.47 Å². The summed E-state index contributed by atoms with van der Waals surface area (Å²) >= 11 is 0. The van der Waals surface area contributed by atoms with Gasteiger partial charge in [-0.05, 0) is 42.8 Å². The SMILES string of the molecule is COCCOc1ccc(NC(=O)c2cnn(-c3ccccc3C)c2C(F)(F)F)cc1. The van der Waals surface area contributed by atoms with Crippen molar-refractivity contribution in [2.45, 2.75) is 13.1 Å². The van der Waals surface area contributed by atoms with Crippen molar-refractivity contribution in [1.29, 1.82) is 0 Å². The molecular formula is C21H20F3N3O3. The maximum atomic E-state index is 13.8. The monoisotopic (exact) mass is 419 g/mol. The van der Waals surface area contributed by atoms with Crippen molar-refractivity contribution >= 4 is 11.6 Å². The third-order valence-corrected chi connectivity index (χ3v) is 4.29. The standard InChI is InChI=1S/C21H20F3N3O3/c1-14-5-3-4-6-18(14)27-19(21(22,23)24)17(13-25-27)20(28)26-15-7-9-16(10-8-15)30-12-11-29-2/h3-10,13H,11-12H2,1-2H3,(H,26,28). The van der Waals surface area contributed by atoms with E-state index in [1.165, 1.54) is 6.07 Å². The number of carbonyl (C=O) groups excluding carboxylic acids is 1. The van der Waals surface area contributed by atoms with Gasteiger partial charge in [0.05, 0.1) is 24.1 Å². The van der Waals surface area contributed by atoms with E-state index in [1.54, 1.807) is 56.5 Å². The summed E-state index contributed by atoms with van der Waals surface area (Å²) in [6, 6.07) is 12.8. The number of nitrogens with one attached hydrogen (secondary N) is 1. The summed E-state index contributed by atoms with van der Waals surface area (Å²) in [5.74, 6) is -0.358. The molecule has 1 heterocycles. The number of hydrogen-bond donors (Lipinski definition) is 1. The molecule has 0 saturated heterocycles. The van der Waals surface area contributed by atoms with Crippen LogP contribution in [0.1, 0.15) is 21.6 Å². The topological polar surface area (TPSA) is 65.4 Å². The summed E-state index contributed by atoms with van der Waals surface area (Å²) in [7, 11) is 1.55.